The largest absolute Gasteiger partial charge is 0.495 e. The number of methoxy groups -OCH3 is 1. The number of nitrogens with one attached hydrogen (secondary N) is 1. The molecule has 128 valence electrons. The fraction of sp³-hybridized carbons (Fsp3) is 0.0500. The minimum atomic E-state index is -0.368. The first-order valence-electron chi connectivity index (χ1n) is 8.00. The Bertz CT molecular complexity index is 1070. The van der Waals surface area contributed by atoms with Crippen LogP contribution in [-0.4, -0.2) is 23.2 Å². The predicted octanol–water partition coefficient (Wildman–Crippen LogP) is 4.15. The van der Waals surface area contributed by atoms with Crippen LogP contribution >= 0.6 is 0 Å². The Morgan fingerprint density at radius 1 is 1.12 bits per heavy atom. The van der Waals surface area contributed by atoms with Crippen LogP contribution in [0.25, 0.3) is 22.1 Å². The van der Waals surface area contributed by atoms with E-state index in [1.165, 1.54) is 0 Å². The number of pyridine rings is 1. The lowest BCUT2D eigenvalue weighted by molar-refractivity contribution is 0.101. The fourth-order valence-corrected chi connectivity index (χ4v) is 2.80. The van der Waals surface area contributed by atoms with Crippen molar-refractivity contribution in [2.24, 2.45) is 0 Å². The number of benzene rings is 2. The Hall–Kier alpha value is -3.67. The van der Waals surface area contributed by atoms with Crippen LogP contribution in [0, 0.1) is 0 Å². The van der Waals surface area contributed by atoms with Crippen molar-refractivity contribution in [2.75, 3.05) is 12.4 Å². The second-order valence-corrected chi connectivity index (χ2v) is 5.64. The molecule has 1 N–H and O–H groups in total. The van der Waals surface area contributed by atoms with Crippen LogP contribution in [0.3, 0.4) is 0 Å². The molecule has 26 heavy (non-hydrogen) atoms. The molecule has 6 heteroatoms. The zero-order chi connectivity index (χ0) is 17.9. The highest BCUT2D eigenvalue weighted by Crippen LogP contribution is 2.36. The number of amides is 1. The van der Waals surface area contributed by atoms with Gasteiger partial charge < -0.3 is 14.6 Å². The van der Waals surface area contributed by atoms with E-state index in [1.54, 1.807) is 37.7 Å². The predicted molar refractivity (Wildman–Crippen MR) is 98.2 cm³/mol. The van der Waals surface area contributed by atoms with Crippen molar-refractivity contribution in [1.82, 2.24) is 10.1 Å². The smallest absolute Gasteiger partial charge is 0.277 e. The Morgan fingerprint density at radius 3 is 2.81 bits per heavy atom. The summed E-state index contributed by atoms with van der Waals surface area (Å²) >= 11 is 0. The topological polar surface area (TPSA) is 77.2 Å². The maximum Gasteiger partial charge on any atom is 0.277 e. The van der Waals surface area contributed by atoms with Crippen LogP contribution in [-0.2, 0) is 0 Å². The molecule has 1 amide bonds. The first kappa shape index (κ1) is 15.8. The maximum absolute atomic E-state index is 12.3. The van der Waals surface area contributed by atoms with Crippen molar-refractivity contribution in [2.45, 2.75) is 0 Å². The average molecular weight is 345 g/mol. The molecule has 0 spiro atoms. The minimum Gasteiger partial charge on any atom is -0.495 e. The zero-order valence-corrected chi connectivity index (χ0v) is 14.0. The third-order valence-electron chi connectivity index (χ3n) is 4.01. The van der Waals surface area contributed by atoms with E-state index in [4.69, 9.17) is 9.26 Å². The Morgan fingerprint density at radius 2 is 2.00 bits per heavy atom. The number of ether oxygens (including phenoxy) is 1. The molecule has 0 saturated carbocycles. The lowest BCUT2D eigenvalue weighted by Crippen LogP contribution is -2.12. The van der Waals surface area contributed by atoms with Crippen molar-refractivity contribution in [1.29, 1.82) is 0 Å². The Labute approximate surface area is 149 Å². The highest BCUT2D eigenvalue weighted by atomic mass is 16.5. The molecule has 6 nitrogen and oxygen atoms in total. The van der Waals surface area contributed by atoms with E-state index in [0.717, 1.165) is 16.3 Å². The number of hydrogen-bond acceptors (Lipinski definition) is 5. The van der Waals surface area contributed by atoms with Gasteiger partial charge in [0.1, 0.15) is 5.75 Å². The van der Waals surface area contributed by atoms with Gasteiger partial charge in [-0.15, -0.1) is 0 Å². The van der Waals surface area contributed by atoms with Gasteiger partial charge in [-0.3, -0.25) is 9.78 Å². The molecule has 0 aliphatic carbocycles. The molecule has 0 fully saturated rings. The summed E-state index contributed by atoms with van der Waals surface area (Å²) in [6.07, 6.45) is 3.20. The summed E-state index contributed by atoms with van der Waals surface area (Å²) in [5, 5.41) is 8.63. The summed E-state index contributed by atoms with van der Waals surface area (Å²) in [7, 11) is 1.61. The normalized spacial score (nSPS) is 10.7. The van der Waals surface area contributed by atoms with E-state index in [-0.39, 0.29) is 11.6 Å². The molecule has 0 unspecified atom stereocenters. The lowest BCUT2D eigenvalue weighted by atomic mass is 10.0. The standard InChI is InChI=1S/C20H15N3O3/c1-25-19-15-7-3-2-5-13(15)8-9-16(19)18-11-17(23-26-18)20(24)22-14-6-4-10-21-12-14/h2-12H,1H3,(H,22,24). The van der Waals surface area contributed by atoms with E-state index in [2.05, 4.69) is 15.5 Å². The quantitative estimate of drug-likeness (QED) is 0.601. The number of nitrogens with zero attached hydrogens (tertiary/aromatic N) is 2. The van der Waals surface area contributed by atoms with E-state index >= 15 is 0 Å². The van der Waals surface area contributed by atoms with Gasteiger partial charge >= 0.3 is 0 Å². The van der Waals surface area contributed by atoms with Gasteiger partial charge in [-0.25, -0.2) is 0 Å². The molecular weight excluding hydrogens is 330 g/mol. The molecule has 0 aliphatic heterocycles. The first-order valence-corrected chi connectivity index (χ1v) is 8.00. The number of anilines is 1. The van der Waals surface area contributed by atoms with Gasteiger partial charge in [-0.05, 0) is 23.6 Å². The van der Waals surface area contributed by atoms with E-state index < -0.39 is 0 Å². The maximum atomic E-state index is 12.3. The summed E-state index contributed by atoms with van der Waals surface area (Å²) in [6, 6.07) is 16.9. The summed E-state index contributed by atoms with van der Waals surface area (Å²) in [4.78, 5) is 16.3. The first-order chi connectivity index (χ1) is 12.8. The van der Waals surface area contributed by atoms with Crippen LogP contribution < -0.4 is 10.1 Å². The molecule has 4 aromatic rings. The molecule has 0 aliphatic rings. The Balaban J connectivity index is 1.68. The molecule has 2 aromatic heterocycles. The molecule has 4 rings (SSSR count). The van der Waals surface area contributed by atoms with Crippen molar-refractivity contribution in [3.63, 3.8) is 0 Å². The molecule has 0 atom stereocenters. The number of rotatable bonds is 4. The second kappa shape index (κ2) is 6.68. The monoisotopic (exact) mass is 345 g/mol. The number of carbonyl (C=O) groups is 1. The van der Waals surface area contributed by atoms with Crippen molar-refractivity contribution >= 4 is 22.4 Å². The van der Waals surface area contributed by atoms with E-state index in [9.17, 15) is 4.79 Å². The summed E-state index contributed by atoms with van der Waals surface area (Å²) < 4.78 is 11.0. The third kappa shape index (κ3) is 2.88. The molecule has 0 radical (unpaired) electrons. The van der Waals surface area contributed by atoms with Crippen molar-refractivity contribution in [3.8, 4) is 17.1 Å². The second-order valence-electron chi connectivity index (χ2n) is 5.64. The van der Waals surface area contributed by atoms with Gasteiger partial charge in [0.25, 0.3) is 5.91 Å². The van der Waals surface area contributed by atoms with E-state index in [1.807, 2.05) is 36.4 Å². The van der Waals surface area contributed by atoms with Gasteiger partial charge in [0.15, 0.2) is 11.5 Å². The highest BCUT2D eigenvalue weighted by Gasteiger charge is 2.18. The van der Waals surface area contributed by atoms with Crippen LogP contribution in [0.15, 0.2) is 71.5 Å². The molecule has 2 aromatic carbocycles. The average Bonchev–Trinajstić information content (AvgIpc) is 3.18. The van der Waals surface area contributed by atoms with E-state index in [0.29, 0.717) is 17.2 Å². The highest BCUT2D eigenvalue weighted by molar-refractivity contribution is 6.03. The number of fused-ring (bicyclic) bond motifs is 1. The lowest BCUT2D eigenvalue weighted by Gasteiger charge is -2.09. The van der Waals surface area contributed by atoms with Gasteiger partial charge in [-0.2, -0.15) is 0 Å². The molecule has 0 saturated heterocycles. The number of aromatic nitrogens is 2. The Kier molecular flexibility index (Phi) is 4.07. The number of carbonyl (C=O) groups excluding carboxylic acids is 1. The zero-order valence-electron chi connectivity index (χ0n) is 14.0. The summed E-state index contributed by atoms with van der Waals surface area (Å²) in [5.41, 5.74) is 1.50. The van der Waals surface area contributed by atoms with Gasteiger partial charge in [0.05, 0.1) is 24.6 Å². The van der Waals surface area contributed by atoms with Crippen molar-refractivity contribution < 1.29 is 14.1 Å². The molecule has 2 heterocycles. The number of hydrogen-bond donors (Lipinski definition) is 1. The van der Waals surface area contributed by atoms with Crippen molar-refractivity contribution in [3.05, 3.63) is 72.7 Å². The van der Waals surface area contributed by atoms with Crippen LogP contribution in [0.2, 0.25) is 0 Å². The molecule has 0 bridgehead atoms. The van der Waals surface area contributed by atoms with Gasteiger partial charge in [0, 0.05) is 17.6 Å². The van der Waals surface area contributed by atoms with Crippen LogP contribution in [0.4, 0.5) is 5.69 Å². The third-order valence-corrected chi connectivity index (χ3v) is 4.01. The summed E-state index contributed by atoms with van der Waals surface area (Å²) in [5.74, 6) is 0.773. The summed E-state index contributed by atoms with van der Waals surface area (Å²) in [6.45, 7) is 0. The minimum absolute atomic E-state index is 0.180. The van der Waals surface area contributed by atoms with Crippen LogP contribution in [0.1, 0.15) is 10.5 Å². The van der Waals surface area contributed by atoms with Gasteiger partial charge in [0.2, 0.25) is 0 Å². The SMILES string of the molecule is COc1c(-c2cc(C(=O)Nc3cccnc3)no2)ccc2ccccc12. The molecular formula is C20H15N3O3. The fourth-order valence-electron chi connectivity index (χ4n) is 2.80. The van der Waals surface area contributed by atoms with Gasteiger partial charge in [-0.1, -0.05) is 35.5 Å². The van der Waals surface area contributed by atoms with Crippen LogP contribution in [0.5, 0.6) is 5.75 Å².